The number of carbonyl (C=O) groups is 2. The molecule has 0 aliphatic heterocycles. The normalized spacial score (nSPS) is 11.4. The van der Waals surface area contributed by atoms with Crippen LogP contribution < -0.4 is 4.90 Å². The average Bonchev–Trinajstić information content (AvgIpc) is 2.96. The number of alkyl halides is 3. The molecule has 0 amide bonds. The number of benzene rings is 4. The first kappa shape index (κ1) is 27.6. The SMILES string of the molecule is CN(Cc1ccc(CC(=O)O)cc1)c1cccc(-c2c(C(=O)c3ccccc3)cnc3c(C(F)(F)F)cccc23)c1. The number of hydrogen-bond donors (Lipinski definition) is 1. The molecule has 0 bridgehead atoms. The summed E-state index contributed by atoms with van der Waals surface area (Å²) in [6.45, 7) is 0.502. The van der Waals surface area contributed by atoms with Gasteiger partial charge >= 0.3 is 12.1 Å². The van der Waals surface area contributed by atoms with Gasteiger partial charge in [-0.3, -0.25) is 14.6 Å². The minimum Gasteiger partial charge on any atom is -0.481 e. The minimum absolute atomic E-state index is 0.0574. The Morgan fingerprint density at radius 2 is 1.54 bits per heavy atom. The van der Waals surface area contributed by atoms with Gasteiger partial charge in [-0.25, -0.2) is 0 Å². The Hall–Kier alpha value is -4.98. The first-order chi connectivity index (χ1) is 19.6. The highest BCUT2D eigenvalue weighted by Gasteiger charge is 2.34. The summed E-state index contributed by atoms with van der Waals surface area (Å²) in [4.78, 5) is 30.7. The molecule has 8 heteroatoms. The van der Waals surface area contributed by atoms with E-state index in [0.717, 1.165) is 17.3 Å². The first-order valence-corrected chi connectivity index (χ1v) is 12.8. The molecule has 5 aromatic rings. The van der Waals surface area contributed by atoms with Crippen LogP contribution in [0.3, 0.4) is 0 Å². The smallest absolute Gasteiger partial charge is 0.418 e. The van der Waals surface area contributed by atoms with Gasteiger partial charge in [0.05, 0.1) is 17.5 Å². The third kappa shape index (κ3) is 5.96. The summed E-state index contributed by atoms with van der Waals surface area (Å²) >= 11 is 0. The lowest BCUT2D eigenvalue weighted by Crippen LogP contribution is -2.16. The van der Waals surface area contributed by atoms with Crippen molar-refractivity contribution in [2.24, 2.45) is 0 Å². The number of rotatable bonds is 8. The fourth-order valence-electron chi connectivity index (χ4n) is 4.88. The molecule has 5 nitrogen and oxygen atoms in total. The molecule has 0 fully saturated rings. The molecule has 1 heterocycles. The number of nitrogens with zero attached hydrogens (tertiary/aromatic N) is 2. The lowest BCUT2D eigenvalue weighted by Gasteiger charge is -2.21. The molecule has 0 aliphatic rings. The first-order valence-electron chi connectivity index (χ1n) is 12.8. The van der Waals surface area contributed by atoms with Crippen molar-refractivity contribution in [2.75, 3.05) is 11.9 Å². The van der Waals surface area contributed by atoms with Crippen molar-refractivity contribution in [3.05, 3.63) is 131 Å². The standard InChI is InChI=1S/C33H25F3N2O3/c1-38(20-22-15-13-21(14-16-22)17-29(39)40)25-10-5-9-24(18-25)30-26-11-6-12-28(33(34,35)36)31(26)37-19-27(30)32(41)23-7-3-2-4-8-23/h2-16,18-19H,17,20H2,1H3,(H,39,40). The van der Waals surface area contributed by atoms with Crippen molar-refractivity contribution in [1.29, 1.82) is 0 Å². The van der Waals surface area contributed by atoms with Gasteiger partial charge < -0.3 is 10.0 Å². The Morgan fingerprint density at radius 1 is 0.854 bits per heavy atom. The molecule has 206 valence electrons. The van der Waals surface area contributed by atoms with E-state index < -0.39 is 17.7 Å². The number of hydrogen-bond acceptors (Lipinski definition) is 4. The third-order valence-corrected chi connectivity index (χ3v) is 6.86. The summed E-state index contributed by atoms with van der Waals surface area (Å²) in [5, 5.41) is 9.23. The van der Waals surface area contributed by atoms with Crippen LogP contribution in [0.5, 0.6) is 0 Å². The number of pyridine rings is 1. The number of fused-ring (bicyclic) bond motifs is 1. The van der Waals surface area contributed by atoms with Crippen LogP contribution in [0.1, 0.15) is 32.6 Å². The van der Waals surface area contributed by atoms with E-state index in [2.05, 4.69) is 4.98 Å². The Balaban J connectivity index is 1.59. The van der Waals surface area contributed by atoms with Crippen LogP contribution in [0.2, 0.25) is 0 Å². The maximum atomic E-state index is 13.9. The highest BCUT2D eigenvalue weighted by atomic mass is 19.4. The van der Waals surface area contributed by atoms with Crippen LogP contribution in [0.4, 0.5) is 18.9 Å². The molecule has 5 rings (SSSR count). The van der Waals surface area contributed by atoms with Gasteiger partial charge in [0.15, 0.2) is 5.78 Å². The zero-order valence-electron chi connectivity index (χ0n) is 22.0. The molecule has 0 aliphatic carbocycles. The number of anilines is 1. The van der Waals surface area contributed by atoms with Crippen LogP contribution in [0.25, 0.3) is 22.0 Å². The summed E-state index contributed by atoms with van der Waals surface area (Å²) in [6.07, 6.45) is -3.44. The quantitative estimate of drug-likeness (QED) is 0.202. The molecule has 41 heavy (non-hydrogen) atoms. The summed E-state index contributed by atoms with van der Waals surface area (Å²) in [6, 6.07) is 27.0. The van der Waals surface area contributed by atoms with Crippen molar-refractivity contribution in [1.82, 2.24) is 4.98 Å². The molecule has 0 saturated carbocycles. The molecule has 0 spiro atoms. The van der Waals surface area contributed by atoms with E-state index in [-0.39, 0.29) is 28.7 Å². The zero-order chi connectivity index (χ0) is 29.1. The molecule has 1 aromatic heterocycles. The number of aromatic nitrogens is 1. The van der Waals surface area contributed by atoms with E-state index in [0.29, 0.717) is 28.8 Å². The number of carboxylic acids is 1. The minimum atomic E-state index is -4.61. The monoisotopic (exact) mass is 554 g/mol. The van der Waals surface area contributed by atoms with Crippen molar-refractivity contribution >= 4 is 28.3 Å². The van der Waals surface area contributed by atoms with E-state index in [1.165, 1.54) is 12.3 Å². The van der Waals surface area contributed by atoms with Crippen LogP contribution in [0.15, 0.2) is 103 Å². The van der Waals surface area contributed by atoms with Gasteiger partial charge in [0.25, 0.3) is 0 Å². The predicted molar refractivity (Wildman–Crippen MR) is 152 cm³/mol. The van der Waals surface area contributed by atoms with Crippen LogP contribution >= 0.6 is 0 Å². The number of ketones is 1. The van der Waals surface area contributed by atoms with Crippen molar-refractivity contribution < 1.29 is 27.9 Å². The third-order valence-electron chi connectivity index (χ3n) is 6.86. The Kier molecular flexibility index (Phi) is 7.57. The van der Waals surface area contributed by atoms with Gasteiger partial charge in [0.1, 0.15) is 0 Å². The van der Waals surface area contributed by atoms with Gasteiger partial charge in [0, 0.05) is 47.6 Å². The molecule has 0 atom stereocenters. The Bertz CT molecular complexity index is 1730. The van der Waals surface area contributed by atoms with Gasteiger partial charge in [-0.2, -0.15) is 13.2 Å². The maximum Gasteiger partial charge on any atom is 0.418 e. The molecule has 0 radical (unpaired) electrons. The molecule has 0 unspecified atom stereocenters. The summed E-state index contributed by atoms with van der Waals surface area (Å²) < 4.78 is 41.7. The maximum absolute atomic E-state index is 13.9. The molecule has 4 aromatic carbocycles. The second-order valence-corrected chi connectivity index (χ2v) is 9.73. The van der Waals surface area contributed by atoms with Gasteiger partial charge in [-0.05, 0) is 34.9 Å². The largest absolute Gasteiger partial charge is 0.481 e. The van der Waals surface area contributed by atoms with Crippen molar-refractivity contribution in [3.63, 3.8) is 0 Å². The summed E-state index contributed by atoms with van der Waals surface area (Å²) in [7, 11) is 1.88. The summed E-state index contributed by atoms with van der Waals surface area (Å²) in [5.41, 5.74) is 2.92. The van der Waals surface area contributed by atoms with Crippen molar-refractivity contribution in [3.8, 4) is 11.1 Å². The zero-order valence-corrected chi connectivity index (χ0v) is 22.0. The topological polar surface area (TPSA) is 70.5 Å². The molecular weight excluding hydrogens is 529 g/mol. The molecule has 0 saturated heterocycles. The fraction of sp³-hybridized carbons (Fsp3) is 0.121. The van der Waals surface area contributed by atoms with E-state index in [1.54, 1.807) is 60.7 Å². The van der Waals surface area contributed by atoms with E-state index in [9.17, 15) is 22.8 Å². The average molecular weight is 555 g/mol. The highest BCUT2D eigenvalue weighted by molar-refractivity contribution is 6.16. The van der Waals surface area contributed by atoms with E-state index >= 15 is 0 Å². The number of halogens is 3. The van der Waals surface area contributed by atoms with Gasteiger partial charge in [0.2, 0.25) is 0 Å². The lowest BCUT2D eigenvalue weighted by molar-refractivity contribution is -0.137. The van der Waals surface area contributed by atoms with E-state index in [1.807, 2.05) is 36.2 Å². The lowest BCUT2D eigenvalue weighted by atomic mass is 9.91. The molecular formula is C33H25F3N2O3. The second kappa shape index (κ2) is 11.3. The van der Waals surface area contributed by atoms with Gasteiger partial charge in [-0.1, -0.05) is 78.9 Å². The molecule has 1 N–H and O–H groups in total. The van der Waals surface area contributed by atoms with Crippen LogP contribution in [-0.4, -0.2) is 28.9 Å². The fourth-order valence-corrected chi connectivity index (χ4v) is 4.88. The number of carbonyl (C=O) groups excluding carboxylic acids is 1. The van der Waals surface area contributed by atoms with E-state index in [4.69, 9.17) is 5.11 Å². The Labute approximate surface area is 234 Å². The second-order valence-electron chi connectivity index (χ2n) is 9.73. The highest BCUT2D eigenvalue weighted by Crippen LogP contribution is 2.39. The predicted octanol–water partition coefficient (Wildman–Crippen LogP) is 7.42. The van der Waals surface area contributed by atoms with Crippen molar-refractivity contribution in [2.45, 2.75) is 19.1 Å². The Morgan fingerprint density at radius 3 is 2.22 bits per heavy atom. The van der Waals surface area contributed by atoms with Crippen LogP contribution in [0, 0.1) is 0 Å². The number of aliphatic carboxylic acids is 1. The van der Waals surface area contributed by atoms with Gasteiger partial charge in [-0.15, -0.1) is 0 Å². The number of carboxylic acid groups (broad SMARTS) is 1. The number of para-hydroxylation sites is 1. The summed E-state index contributed by atoms with van der Waals surface area (Å²) in [5.74, 6) is -1.24. The van der Waals surface area contributed by atoms with Crippen LogP contribution in [-0.2, 0) is 23.9 Å².